The third-order valence-electron chi connectivity index (χ3n) is 5.63. The van der Waals surface area contributed by atoms with Crippen LogP contribution >= 0.6 is 0 Å². The number of benzene rings is 1. The second-order valence-corrected chi connectivity index (χ2v) is 7.73. The zero-order chi connectivity index (χ0) is 19.1. The first kappa shape index (κ1) is 19.6. The Hall–Kier alpha value is -2.17. The van der Waals surface area contributed by atoms with Gasteiger partial charge in [-0.25, -0.2) is 0 Å². The van der Waals surface area contributed by atoms with Gasteiger partial charge in [0.25, 0.3) is 11.8 Å². The lowest BCUT2D eigenvalue weighted by Crippen LogP contribution is -2.35. The van der Waals surface area contributed by atoms with E-state index in [1.54, 1.807) is 24.3 Å². The van der Waals surface area contributed by atoms with Crippen LogP contribution in [0.25, 0.3) is 0 Å². The van der Waals surface area contributed by atoms with Crippen LogP contribution in [-0.4, -0.2) is 35.2 Å². The van der Waals surface area contributed by atoms with Gasteiger partial charge in [-0.05, 0) is 37.8 Å². The fourth-order valence-electron chi connectivity index (χ4n) is 4.07. The van der Waals surface area contributed by atoms with Gasteiger partial charge in [0.2, 0.25) is 5.91 Å². The minimum atomic E-state index is -0.197. The molecule has 5 heteroatoms. The van der Waals surface area contributed by atoms with E-state index in [0.29, 0.717) is 30.1 Å². The Balaban J connectivity index is 1.33. The van der Waals surface area contributed by atoms with Crippen LogP contribution in [-0.2, 0) is 4.79 Å². The number of fused-ring (bicyclic) bond motifs is 1. The normalized spacial score (nSPS) is 18.1. The Morgan fingerprint density at radius 1 is 0.889 bits per heavy atom. The average Bonchev–Trinajstić information content (AvgIpc) is 2.88. The number of imide groups is 1. The first-order chi connectivity index (χ1) is 13.2. The molecule has 0 spiro atoms. The van der Waals surface area contributed by atoms with Crippen molar-refractivity contribution in [2.45, 2.75) is 76.7 Å². The van der Waals surface area contributed by atoms with Crippen molar-refractivity contribution in [2.24, 2.45) is 0 Å². The maximum absolute atomic E-state index is 12.3. The first-order valence-electron chi connectivity index (χ1n) is 10.4. The van der Waals surface area contributed by atoms with Gasteiger partial charge in [-0.15, -0.1) is 0 Å². The van der Waals surface area contributed by atoms with Gasteiger partial charge in [0, 0.05) is 19.0 Å². The fourth-order valence-corrected chi connectivity index (χ4v) is 4.07. The Labute approximate surface area is 161 Å². The molecule has 0 bridgehead atoms. The van der Waals surface area contributed by atoms with Crippen molar-refractivity contribution >= 4 is 17.7 Å². The maximum atomic E-state index is 12.3. The molecular weight excluding hydrogens is 340 g/mol. The van der Waals surface area contributed by atoms with Gasteiger partial charge in [0.05, 0.1) is 11.1 Å². The van der Waals surface area contributed by atoms with Gasteiger partial charge in [0.1, 0.15) is 0 Å². The van der Waals surface area contributed by atoms with E-state index in [1.165, 1.54) is 37.0 Å². The zero-order valence-corrected chi connectivity index (χ0v) is 16.0. The van der Waals surface area contributed by atoms with E-state index in [9.17, 15) is 14.4 Å². The molecule has 1 aromatic carbocycles. The van der Waals surface area contributed by atoms with Crippen LogP contribution in [0.3, 0.4) is 0 Å². The number of nitrogens with one attached hydrogen (secondary N) is 1. The van der Waals surface area contributed by atoms with Gasteiger partial charge in [-0.3, -0.25) is 19.3 Å². The van der Waals surface area contributed by atoms with E-state index in [4.69, 9.17) is 0 Å². The predicted octanol–water partition coefficient (Wildman–Crippen LogP) is 4.07. The summed E-state index contributed by atoms with van der Waals surface area (Å²) in [5, 5.41) is 3.19. The van der Waals surface area contributed by atoms with Crippen molar-refractivity contribution < 1.29 is 14.4 Å². The molecule has 3 amide bonds. The molecule has 5 nitrogen and oxygen atoms in total. The van der Waals surface area contributed by atoms with E-state index in [-0.39, 0.29) is 17.7 Å². The summed E-state index contributed by atoms with van der Waals surface area (Å²) in [6.07, 6.45) is 11.4. The molecule has 2 aliphatic rings. The molecule has 0 atom stereocenters. The highest BCUT2D eigenvalue weighted by molar-refractivity contribution is 6.21. The highest BCUT2D eigenvalue weighted by Gasteiger charge is 2.34. The van der Waals surface area contributed by atoms with Crippen molar-refractivity contribution in [1.82, 2.24) is 10.2 Å². The SMILES string of the molecule is O=C(CCCCCN1C(=O)c2ccccc2C1=O)NC1CCCCCCC1. The average molecular weight is 370 g/mol. The fraction of sp³-hybridized carbons (Fsp3) is 0.591. The summed E-state index contributed by atoms with van der Waals surface area (Å²) < 4.78 is 0. The van der Waals surface area contributed by atoms with Crippen LogP contribution in [0.2, 0.25) is 0 Å². The third kappa shape index (κ3) is 5.18. The molecule has 1 N–H and O–H groups in total. The van der Waals surface area contributed by atoms with Gasteiger partial charge in [0.15, 0.2) is 0 Å². The third-order valence-corrected chi connectivity index (χ3v) is 5.63. The van der Waals surface area contributed by atoms with E-state index < -0.39 is 0 Å². The highest BCUT2D eigenvalue weighted by Crippen LogP contribution is 2.23. The molecule has 1 aromatic rings. The van der Waals surface area contributed by atoms with Gasteiger partial charge < -0.3 is 5.32 Å². The molecule has 0 radical (unpaired) electrons. The monoisotopic (exact) mass is 370 g/mol. The molecule has 146 valence electrons. The zero-order valence-electron chi connectivity index (χ0n) is 16.0. The lowest BCUT2D eigenvalue weighted by molar-refractivity contribution is -0.122. The van der Waals surface area contributed by atoms with Crippen LogP contribution in [0.15, 0.2) is 24.3 Å². The molecule has 1 saturated carbocycles. The maximum Gasteiger partial charge on any atom is 0.261 e. The van der Waals surface area contributed by atoms with Crippen LogP contribution in [0.5, 0.6) is 0 Å². The summed E-state index contributed by atoms with van der Waals surface area (Å²) in [6, 6.07) is 7.31. The first-order valence-corrected chi connectivity index (χ1v) is 10.4. The standard InChI is InChI=1S/C22H30N2O3/c25-20(23-17-11-5-2-1-3-6-12-17)15-7-4-10-16-24-21(26)18-13-8-9-14-19(18)22(24)27/h8-9,13-14,17H,1-7,10-12,15-16H2,(H,23,25). The number of hydrogen-bond donors (Lipinski definition) is 1. The molecule has 1 aliphatic carbocycles. The van der Waals surface area contributed by atoms with Crippen LogP contribution in [0.4, 0.5) is 0 Å². The molecule has 1 heterocycles. The number of hydrogen-bond acceptors (Lipinski definition) is 3. The van der Waals surface area contributed by atoms with Crippen molar-refractivity contribution in [2.75, 3.05) is 6.54 Å². The summed E-state index contributed by atoms with van der Waals surface area (Å²) in [4.78, 5) is 38.1. The summed E-state index contributed by atoms with van der Waals surface area (Å²) in [6.45, 7) is 0.427. The van der Waals surface area contributed by atoms with Gasteiger partial charge in [-0.1, -0.05) is 50.7 Å². The van der Waals surface area contributed by atoms with Crippen LogP contribution < -0.4 is 5.32 Å². The predicted molar refractivity (Wildman–Crippen MR) is 105 cm³/mol. The summed E-state index contributed by atoms with van der Waals surface area (Å²) in [5.74, 6) is -0.253. The smallest absolute Gasteiger partial charge is 0.261 e. The molecule has 0 aromatic heterocycles. The second kappa shape index (κ2) is 9.67. The number of nitrogens with zero attached hydrogens (tertiary/aromatic N) is 1. The molecule has 1 fully saturated rings. The van der Waals surface area contributed by atoms with Crippen LogP contribution in [0.1, 0.15) is 91.3 Å². The quantitative estimate of drug-likeness (QED) is 0.581. The molecule has 0 unspecified atom stereocenters. The van der Waals surface area contributed by atoms with E-state index in [1.807, 2.05) is 0 Å². The van der Waals surface area contributed by atoms with E-state index in [0.717, 1.165) is 32.1 Å². The Bertz CT molecular complexity index is 643. The summed E-state index contributed by atoms with van der Waals surface area (Å²) in [7, 11) is 0. The van der Waals surface area contributed by atoms with Crippen molar-refractivity contribution in [3.05, 3.63) is 35.4 Å². The minimum Gasteiger partial charge on any atom is -0.353 e. The van der Waals surface area contributed by atoms with E-state index >= 15 is 0 Å². The van der Waals surface area contributed by atoms with Crippen LogP contribution in [0, 0.1) is 0 Å². The Kier molecular flexibility index (Phi) is 7.02. The molecule has 0 saturated heterocycles. The van der Waals surface area contributed by atoms with Crippen molar-refractivity contribution in [3.63, 3.8) is 0 Å². The minimum absolute atomic E-state index is 0.140. The van der Waals surface area contributed by atoms with Crippen molar-refractivity contribution in [3.8, 4) is 0 Å². The molecule has 1 aliphatic heterocycles. The number of unbranched alkanes of at least 4 members (excludes halogenated alkanes) is 2. The van der Waals surface area contributed by atoms with Gasteiger partial charge >= 0.3 is 0 Å². The topological polar surface area (TPSA) is 66.5 Å². The van der Waals surface area contributed by atoms with Gasteiger partial charge in [-0.2, -0.15) is 0 Å². The number of amides is 3. The highest BCUT2D eigenvalue weighted by atomic mass is 16.2. The largest absolute Gasteiger partial charge is 0.353 e. The Morgan fingerprint density at radius 3 is 2.11 bits per heavy atom. The molecular formula is C22H30N2O3. The lowest BCUT2D eigenvalue weighted by atomic mass is 9.96. The number of carbonyl (C=O) groups is 3. The summed E-state index contributed by atoms with van der Waals surface area (Å²) >= 11 is 0. The molecule has 3 rings (SSSR count). The van der Waals surface area contributed by atoms with E-state index in [2.05, 4.69) is 5.32 Å². The lowest BCUT2D eigenvalue weighted by Gasteiger charge is -2.21. The number of carbonyl (C=O) groups excluding carboxylic acids is 3. The summed E-state index contributed by atoms with van der Waals surface area (Å²) in [5.41, 5.74) is 1.00. The second-order valence-electron chi connectivity index (χ2n) is 7.73. The van der Waals surface area contributed by atoms with Crippen molar-refractivity contribution in [1.29, 1.82) is 0 Å². The number of rotatable bonds is 7. The Morgan fingerprint density at radius 2 is 1.48 bits per heavy atom. The molecule has 27 heavy (non-hydrogen) atoms.